The fraction of sp³-hybridized carbons (Fsp3) is 0.471. The minimum absolute atomic E-state index is 0.158. The van der Waals surface area contributed by atoms with Crippen LogP contribution in [-0.2, 0) is 15.8 Å². The van der Waals surface area contributed by atoms with E-state index in [1.54, 1.807) is 35.7 Å². The van der Waals surface area contributed by atoms with E-state index in [-0.39, 0.29) is 11.8 Å². The van der Waals surface area contributed by atoms with Crippen LogP contribution in [0, 0.1) is 0 Å². The van der Waals surface area contributed by atoms with Gasteiger partial charge in [0.2, 0.25) is 0 Å². The lowest BCUT2D eigenvalue weighted by atomic mass is 10.0. The van der Waals surface area contributed by atoms with E-state index >= 15 is 0 Å². The molecule has 1 amide bonds. The summed E-state index contributed by atoms with van der Waals surface area (Å²) in [5.74, 6) is -1.96. The van der Waals surface area contributed by atoms with Gasteiger partial charge in [-0.25, -0.2) is 4.21 Å². The standard InChI is InChI=1S/C17H21F3N2O2S/c18-17(19,20)16(23)21-11-5-7-13-6-4-8-14(12-13)22-25(24)15-9-2-1-3-10-15/h4-8,12,15,22H,1-3,9-11H2,(H,21,23)/b7-5+. The lowest BCUT2D eigenvalue weighted by Gasteiger charge is -2.21. The highest BCUT2D eigenvalue weighted by Crippen LogP contribution is 2.23. The Morgan fingerprint density at radius 3 is 2.64 bits per heavy atom. The summed E-state index contributed by atoms with van der Waals surface area (Å²) in [6.07, 6.45) is 3.47. The van der Waals surface area contributed by atoms with Crippen molar-refractivity contribution in [1.82, 2.24) is 5.32 Å². The predicted molar refractivity (Wildman–Crippen MR) is 93.2 cm³/mol. The molecule has 138 valence electrons. The number of hydrogen-bond donors (Lipinski definition) is 2. The van der Waals surface area contributed by atoms with Crippen molar-refractivity contribution in [3.05, 3.63) is 35.9 Å². The first kappa shape index (κ1) is 19.5. The van der Waals surface area contributed by atoms with Crippen LogP contribution in [-0.4, -0.2) is 28.1 Å². The van der Waals surface area contributed by atoms with Crippen molar-refractivity contribution in [1.29, 1.82) is 0 Å². The molecule has 8 heteroatoms. The van der Waals surface area contributed by atoms with Crippen LogP contribution < -0.4 is 10.0 Å². The van der Waals surface area contributed by atoms with Gasteiger partial charge in [0.15, 0.2) is 0 Å². The van der Waals surface area contributed by atoms with Crippen molar-refractivity contribution in [2.45, 2.75) is 43.5 Å². The summed E-state index contributed by atoms with van der Waals surface area (Å²) in [6.45, 7) is -0.218. The Hall–Kier alpha value is -1.83. The normalized spacial score (nSPS) is 17.4. The monoisotopic (exact) mass is 374 g/mol. The van der Waals surface area contributed by atoms with Crippen LogP contribution in [0.3, 0.4) is 0 Å². The van der Waals surface area contributed by atoms with Gasteiger partial charge >= 0.3 is 12.1 Å². The maximum absolute atomic E-state index is 12.3. The summed E-state index contributed by atoms with van der Waals surface area (Å²) in [7, 11) is -1.15. The molecule has 4 nitrogen and oxygen atoms in total. The number of amides is 1. The molecule has 1 aromatic carbocycles. The second-order valence-corrected chi connectivity index (χ2v) is 7.36. The van der Waals surface area contributed by atoms with Gasteiger partial charge < -0.3 is 10.0 Å². The molecule has 1 fully saturated rings. The number of hydrogen-bond acceptors (Lipinski definition) is 2. The fourth-order valence-electron chi connectivity index (χ4n) is 2.63. The van der Waals surface area contributed by atoms with Crippen LogP contribution in [0.15, 0.2) is 30.3 Å². The van der Waals surface area contributed by atoms with Crippen LogP contribution >= 0.6 is 0 Å². The first-order chi connectivity index (χ1) is 11.9. The molecule has 1 aromatic rings. The molecule has 0 radical (unpaired) electrons. The number of halogens is 3. The number of carbonyl (C=O) groups excluding carboxylic acids is 1. The van der Waals surface area contributed by atoms with Crippen molar-refractivity contribution in [2.75, 3.05) is 11.3 Å². The Bertz CT molecular complexity index is 641. The Labute approximate surface area is 147 Å². The van der Waals surface area contributed by atoms with Crippen LogP contribution in [0.4, 0.5) is 18.9 Å². The highest BCUT2D eigenvalue weighted by atomic mass is 32.2. The molecule has 0 aromatic heterocycles. The molecule has 1 saturated carbocycles. The Kier molecular flexibility index (Phi) is 7.04. The van der Waals surface area contributed by atoms with Crippen molar-refractivity contribution in [3.63, 3.8) is 0 Å². The molecule has 0 aliphatic heterocycles. The average Bonchev–Trinajstić information content (AvgIpc) is 2.59. The number of rotatable bonds is 6. The maximum Gasteiger partial charge on any atom is 0.471 e. The van der Waals surface area contributed by atoms with Crippen molar-refractivity contribution in [2.24, 2.45) is 0 Å². The number of anilines is 1. The first-order valence-electron chi connectivity index (χ1n) is 8.15. The SMILES string of the molecule is O=C(NC/C=C/c1cccc(NS(=O)C2CCCCC2)c1)C(F)(F)F. The molecule has 1 aliphatic rings. The topological polar surface area (TPSA) is 58.2 Å². The van der Waals surface area contributed by atoms with E-state index in [1.807, 2.05) is 0 Å². The van der Waals surface area contributed by atoms with E-state index in [4.69, 9.17) is 0 Å². The van der Waals surface area contributed by atoms with E-state index < -0.39 is 23.1 Å². The summed E-state index contributed by atoms with van der Waals surface area (Å²) >= 11 is 0. The smallest absolute Gasteiger partial charge is 0.345 e. The summed E-state index contributed by atoms with van der Waals surface area (Å²) in [6, 6.07) is 7.11. The molecule has 0 bridgehead atoms. The highest BCUT2D eigenvalue weighted by molar-refractivity contribution is 7.87. The summed E-state index contributed by atoms with van der Waals surface area (Å²) in [5.41, 5.74) is 1.44. The summed E-state index contributed by atoms with van der Waals surface area (Å²) < 4.78 is 51.5. The summed E-state index contributed by atoms with van der Waals surface area (Å²) in [4.78, 5) is 10.7. The van der Waals surface area contributed by atoms with E-state index in [1.165, 1.54) is 12.5 Å². The predicted octanol–water partition coefficient (Wildman–Crippen LogP) is 3.79. The van der Waals surface area contributed by atoms with Crippen molar-refractivity contribution < 1.29 is 22.2 Å². The molecular weight excluding hydrogens is 353 g/mol. The molecule has 0 saturated heterocycles. The van der Waals surface area contributed by atoms with E-state index in [0.717, 1.165) is 31.2 Å². The Morgan fingerprint density at radius 1 is 1.24 bits per heavy atom. The zero-order valence-electron chi connectivity index (χ0n) is 13.6. The Balaban J connectivity index is 1.86. The third-order valence-electron chi connectivity index (χ3n) is 3.91. The van der Waals surface area contributed by atoms with Gasteiger partial charge in [0.25, 0.3) is 0 Å². The molecular formula is C17H21F3N2O2S. The Morgan fingerprint density at radius 2 is 1.96 bits per heavy atom. The lowest BCUT2D eigenvalue weighted by molar-refractivity contribution is -0.173. The van der Waals surface area contributed by atoms with Crippen LogP contribution in [0.1, 0.15) is 37.7 Å². The first-order valence-corrected chi connectivity index (χ1v) is 9.36. The molecule has 1 unspecified atom stereocenters. The van der Waals surface area contributed by atoms with Gasteiger partial charge in [0.05, 0.1) is 5.25 Å². The number of alkyl halides is 3. The minimum Gasteiger partial charge on any atom is -0.345 e. The quantitative estimate of drug-likeness (QED) is 0.796. The van der Waals surface area contributed by atoms with Gasteiger partial charge in [-0.15, -0.1) is 0 Å². The lowest BCUT2D eigenvalue weighted by Crippen LogP contribution is -2.36. The van der Waals surface area contributed by atoms with Gasteiger partial charge in [-0.1, -0.05) is 43.5 Å². The van der Waals surface area contributed by atoms with E-state index in [0.29, 0.717) is 5.69 Å². The van der Waals surface area contributed by atoms with Gasteiger partial charge in [-0.3, -0.25) is 4.79 Å². The van der Waals surface area contributed by atoms with Crippen molar-refractivity contribution >= 4 is 28.7 Å². The van der Waals surface area contributed by atoms with Crippen molar-refractivity contribution in [3.8, 4) is 0 Å². The molecule has 0 spiro atoms. The zero-order chi connectivity index (χ0) is 18.3. The van der Waals surface area contributed by atoms with Crippen LogP contribution in [0.5, 0.6) is 0 Å². The third kappa shape index (κ3) is 6.53. The molecule has 0 heterocycles. The van der Waals surface area contributed by atoms with Crippen LogP contribution in [0.25, 0.3) is 6.08 Å². The van der Waals surface area contributed by atoms with E-state index in [2.05, 4.69) is 4.72 Å². The second-order valence-electron chi connectivity index (χ2n) is 5.90. The number of nitrogens with one attached hydrogen (secondary N) is 2. The van der Waals surface area contributed by atoms with Crippen LogP contribution in [0.2, 0.25) is 0 Å². The third-order valence-corrected chi connectivity index (χ3v) is 5.42. The molecule has 1 atom stereocenters. The second kappa shape index (κ2) is 9.03. The summed E-state index contributed by atoms with van der Waals surface area (Å²) in [5, 5.41) is 1.93. The van der Waals surface area contributed by atoms with Gasteiger partial charge in [-0.05, 0) is 30.5 Å². The van der Waals surface area contributed by atoms with Gasteiger partial charge in [0.1, 0.15) is 11.0 Å². The van der Waals surface area contributed by atoms with Gasteiger partial charge in [0, 0.05) is 12.2 Å². The molecule has 2 N–H and O–H groups in total. The maximum atomic E-state index is 12.3. The molecule has 25 heavy (non-hydrogen) atoms. The fourth-order valence-corrected chi connectivity index (χ4v) is 3.92. The number of benzene rings is 1. The molecule has 1 aliphatic carbocycles. The highest BCUT2D eigenvalue weighted by Gasteiger charge is 2.37. The molecule has 2 rings (SSSR count). The largest absolute Gasteiger partial charge is 0.471 e. The average molecular weight is 374 g/mol. The number of carbonyl (C=O) groups is 1. The zero-order valence-corrected chi connectivity index (χ0v) is 14.5. The van der Waals surface area contributed by atoms with E-state index in [9.17, 15) is 22.2 Å². The minimum atomic E-state index is -4.87. The van der Waals surface area contributed by atoms with Gasteiger partial charge in [-0.2, -0.15) is 13.2 Å².